The van der Waals surface area contributed by atoms with Crippen molar-refractivity contribution in [2.75, 3.05) is 0 Å². The van der Waals surface area contributed by atoms with Crippen LogP contribution in [0.3, 0.4) is 0 Å². The molecule has 17 heavy (non-hydrogen) atoms. The number of nitrogens with one attached hydrogen (secondary N) is 1. The van der Waals surface area contributed by atoms with Crippen molar-refractivity contribution >= 4 is 5.91 Å². The van der Waals surface area contributed by atoms with Crippen molar-refractivity contribution in [1.82, 2.24) is 5.43 Å². The molecule has 0 aliphatic rings. The normalized spacial score (nSPS) is 13.2. The molecule has 0 aliphatic heterocycles. The van der Waals surface area contributed by atoms with E-state index in [1.165, 1.54) is 0 Å². The lowest BCUT2D eigenvalue weighted by Crippen LogP contribution is -2.46. The summed E-state index contributed by atoms with van der Waals surface area (Å²) in [5.41, 5.74) is 2.88. The highest BCUT2D eigenvalue weighted by atomic mass is 16.5. The van der Waals surface area contributed by atoms with Gasteiger partial charge in [-0.1, -0.05) is 51.1 Å². The van der Waals surface area contributed by atoms with E-state index >= 15 is 0 Å². The predicted molar refractivity (Wildman–Crippen MR) is 66.8 cm³/mol. The molecule has 0 radical (unpaired) electrons. The number of carbonyl (C=O) groups is 1. The van der Waals surface area contributed by atoms with Crippen LogP contribution in [0, 0.1) is 5.41 Å². The van der Waals surface area contributed by atoms with Gasteiger partial charge in [0.2, 0.25) is 0 Å². The maximum atomic E-state index is 11.6. The number of hydrazine groups is 1. The number of ether oxygens (including phenoxy) is 1. The molecule has 0 aromatic heterocycles. The zero-order valence-corrected chi connectivity index (χ0v) is 10.6. The summed E-state index contributed by atoms with van der Waals surface area (Å²) < 4.78 is 5.65. The van der Waals surface area contributed by atoms with Gasteiger partial charge in [-0.3, -0.25) is 10.2 Å². The van der Waals surface area contributed by atoms with E-state index < -0.39 is 6.10 Å². The van der Waals surface area contributed by atoms with Crippen molar-refractivity contribution in [2.24, 2.45) is 11.3 Å². The molecule has 1 aromatic rings. The summed E-state index contributed by atoms with van der Waals surface area (Å²) in [6.07, 6.45) is -0.562. The Bertz CT molecular complexity index is 357. The molecule has 0 heterocycles. The Morgan fingerprint density at radius 1 is 1.35 bits per heavy atom. The molecule has 1 unspecified atom stereocenters. The molecule has 94 valence electrons. The van der Waals surface area contributed by atoms with E-state index in [9.17, 15) is 4.79 Å². The molecule has 3 N–H and O–H groups in total. The Hall–Kier alpha value is -1.39. The fourth-order valence-electron chi connectivity index (χ4n) is 1.55. The highest BCUT2D eigenvalue weighted by Crippen LogP contribution is 2.23. The smallest absolute Gasteiger partial charge is 0.263 e. The van der Waals surface area contributed by atoms with E-state index in [-0.39, 0.29) is 11.3 Å². The Balaban J connectivity index is 2.65. The highest BCUT2D eigenvalue weighted by Gasteiger charge is 2.31. The molecule has 0 spiro atoms. The third-order valence-electron chi connectivity index (χ3n) is 2.43. The number of nitrogens with two attached hydrogens (primary N) is 1. The number of amides is 1. The van der Waals surface area contributed by atoms with Crippen LogP contribution in [0.15, 0.2) is 30.3 Å². The van der Waals surface area contributed by atoms with E-state index in [4.69, 9.17) is 10.6 Å². The predicted octanol–water partition coefficient (Wildman–Crippen LogP) is 1.61. The van der Waals surface area contributed by atoms with Gasteiger partial charge >= 0.3 is 0 Å². The lowest BCUT2D eigenvalue weighted by Gasteiger charge is -2.28. The molecular formula is C13H20N2O2. The van der Waals surface area contributed by atoms with E-state index in [2.05, 4.69) is 5.43 Å². The zero-order chi connectivity index (χ0) is 12.9. The zero-order valence-electron chi connectivity index (χ0n) is 10.6. The van der Waals surface area contributed by atoms with Crippen LogP contribution in [0.4, 0.5) is 0 Å². The third-order valence-corrected chi connectivity index (χ3v) is 2.43. The van der Waals surface area contributed by atoms with Gasteiger partial charge in [0.25, 0.3) is 5.91 Å². The average molecular weight is 236 g/mol. The van der Waals surface area contributed by atoms with E-state index in [0.29, 0.717) is 6.61 Å². The third kappa shape index (κ3) is 4.17. The van der Waals surface area contributed by atoms with Crippen LogP contribution in [-0.2, 0) is 16.1 Å². The molecule has 4 heteroatoms. The maximum Gasteiger partial charge on any atom is 0.263 e. The monoisotopic (exact) mass is 236 g/mol. The van der Waals surface area contributed by atoms with E-state index in [0.717, 1.165) is 5.56 Å². The van der Waals surface area contributed by atoms with Gasteiger partial charge in [0.05, 0.1) is 6.61 Å². The fourth-order valence-corrected chi connectivity index (χ4v) is 1.55. The summed E-state index contributed by atoms with van der Waals surface area (Å²) in [5.74, 6) is 4.86. The number of hydrogen-bond acceptors (Lipinski definition) is 3. The Morgan fingerprint density at radius 2 is 1.94 bits per heavy atom. The van der Waals surface area contributed by atoms with Crippen LogP contribution in [0.2, 0.25) is 0 Å². The van der Waals surface area contributed by atoms with Gasteiger partial charge in [-0.2, -0.15) is 0 Å². The topological polar surface area (TPSA) is 64.3 Å². The number of hydrogen-bond donors (Lipinski definition) is 2. The standard InChI is InChI=1S/C13H20N2O2/c1-13(2,3)11(12(16)15-14)17-9-10-7-5-4-6-8-10/h4-8,11H,9,14H2,1-3H3,(H,15,16). The van der Waals surface area contributed by atoms with Gasteiger partial charge in [-0.05, 0) is 11.0 Å². The molecule has 0 saturated heterocycles. The first-order valence-corrected chi connectivity index (χ1v) is 5.61. The van der Waals surface area contributed by atoms with Crippen molar-refractivity contribution in [2.45, 2.75) is 33.5 Å². The first kappa shape index (κ1) is 13.7. The highest BCUT2D eigenvalue weighted by molar-refractivity contribution is 5.80. The number of carbonyl (C=O) groups excluding carboxylic acids is 1. The van der Waals surface area contributed by atoms with Gasteiger partial charge in [0.1, 0.15) is 6.10 Å². The molecule has 4 nitrogen and oxygen atoms in total. The molecule has 0 saturated carbocycles. The molecule has 0 aliphatic carbocycles. The van der Waals surface area contributed by atoms with Crippen LogP contribution < -0.4 is 11.3 Å². The Labute approximate surface area is 102 Å². The van der Waals surface area contributed by atoms with Gasteiger partial charge in [0, 0.05) is 0 Å². The van der Waals surface area contributed by atoms with Gasteiger partial charge in [0.15, 0.2) is 0 Å². The molecule has 0 bridgehead atoms. The largest absolute Gasteiger partial charge is 0.363 e. The van der Waals surface area contributed by atoms with Crippen LogP contribution in [0.1, 0.15) is 26.3 Å². The minimum Gasteiger partial charge on any atom is -0.363 e. The minimum absolute atomic E-state index is 0.293. The van der Waals surface area contributed by atoms with Gasteiger partial charge in [-0.25, -0.2) is 5.84 Å². The van der Waals surface area contributed by atoms with Gasteiger partial charge in [-0.15, -0.1) is 0 Å². The summed E-state index contributed by atoms with van der Waals surface area (Å²) in [5, 5.41) is 0. The molecule has 0 fully saturated rings. The Kier molecular flexibility index (Phi) is 4.66. The summed E-state index contributed by atoms with van der Waals surface area (Å²) in [6.45, 7) is 6.23. The first-order valence-electron chi connectivity index (χ1n) is 5.61. The second-order valence-corrected chi connectivity index (χ2v) is 5.05. The lowest BCUT2D eigenvalue weighted by atomic mass is 9.88. The average Bonchev–Trinajstić information content (AvgIpc) is 2.28. The number of benzene rings is 1. The molecule has 1 rings (SSSR count). The first-order chi connectivity index (χ1) is 7.95. The quantitative estimate of drug-likeness (QED) is 0.474. The number of rotatable bonds is 4. The molecular weight excluding hydrogens is 216 g/mol. The minimum atomic E-state index is -0.562. The van der Waals surface area contributed by atoms with Gasteiger partial charge < -0.3 is 4.74 Å². The van der Waals surface area contributed by atoms with Crippen LogP contribution in [0.25, 0.3) is 0 Å². The lowest BCUT2D eigenvalue weighted by molar-refractivity contribution is -0.141. The van der Waals surface area contributed by atoms with Crippen molar-refractivity contribution < 1.29 is 9.53 Å². The summed E-state index contributed by atoms with van der Waals surface area (Å²) in [6, 6.07) is 9.74. The fraction of sp³-hybridized carbons (Fsp3) is 0.462. The second kappa shape index (κ2) is 5.80. The van der Waals surface area contributed by atoms with Crippen LogP contribution in [-0.4, -0.2) is 12.0 Å². The van der Waals surface area contributed by atoms with Crippen molar-refractivity contribution in [3.8, 4) is 0 Å². The van der Waals surface area contributed by atoms with Crippen LogP contribution >= 0.6 is 0 Å². The molecule has 1 amide bonds. The summed E-state index contributed by atoms with van der Waals surface area (Å²) in [4.78, 5) is 11.6. The molecule has 1 atom stereocenters. The summed E-state index contributed by atoms with van der Waals surface area (Å²) >= 11 is 0. The van der Waals surface area contributed by atoms with E-state index in [1.807, 2.05) is 51.1 Å². The van der Waals surface area contributed by atoms with E-state index in [1.54, 1.807) is 0 Å². The second-order valence-electron chi connectivity index (χ2n) is 5.05. The van der Waals surface area contributed by atoms with Crippen LogP contribution in [0.5, 0.6) is 0 Å². The molecule has 1 aromatic carbocycles. The maximum absolute atomic E-state index is 11.6. The van der Waals surface area contributed by atoms with Crippen molar-refractivity contribution in [1.29, 1.82) is 0 Å². The SMILES string of the molecule is CC(C)(C)C(OCc1ccccc1)C(=O)NN. The van der Waals surface area contributed by atoms with Crippen molar-refractivity contribution in [3.05, 3.63) is 35.9 Å². The summed E-state index contributed by atoms with van der Waals surface area (Å²) in [7, 11) is 0. The Morgan fingerprint density at radius 3 is 2.41 bits per heavy atom. The van der Waals surface area contributed by atoms with Crippen molar-refractivity contribution in [3.63, 3.8) is 0 Å².